The molecule has 210 valence electrons. The number of aryl methyl sites for hydroxylation is 1. The lowest BCUT2D eigenvalue weighted by Gasteiger charge is -2.30. The lowest BCUT2D eigenvalue weighted by Crippen LogP contribution is -2.30. The minimum absolute atomic E-state index is 0.112. The number of aliphatic carboxylic acids is 1. The van der Waals surface area contributed by atoms with E-state index in [1.54, 1.807) is 33.8 Å². The molecule has 0 bridgehead atoms. The number of halogens is 2. The zero-order valence-corrected chi connectivity index (χ0v) is 23.2. The van der Waals surface area contributed by atoms with Crippen LogP contribution in [-0.2, 0) is 22.4 Å². The van der Waals surface area contributed by atoms with Crippen molar-refractivity contribution in [2.75, 3.05) is 18.1 Å². The van der Waals surface area contributed by atoms with E-state index in [1.807, 2.05) is 6.92 Å². The van der Waals surface area contributed by atoms with Crippen LogP contribution in [0.4, 0.5) is 14.5 Å². The van der Waals surface area contributed by atoms with Crippen LogP contribution in [0.5, 0.6) is 5.75 Å². The molecule has 0 unspecified atom stereocenters. The molecule has 3 heterocycles. The number of carboxylic acid groups (broad SMARTS) is 1. The van der Waals surface area contributed by atoms with E-state index in [4.69, 9.17) is 9.47 Å². The molecule has 1 N–H and O–H groups in total. The fourth-order valence-corrected chi connectivity index (χ4v) is 5.75. The van der Waals surface area contributed by atoms with Crippen molar-refractivity contribution < 1.29 is 33.0 Å². The third-order valence-electron chi connectivity index (χ3n) is 7.45. The summed E-state index contributed by atoms with van der Waals surface area (Å²) in [5, 5.41) is 10.3. The highest BCUT2D eigenvalue weighted by molar-refractivity contribution is 6.08. The van der Waals surface area contributed by atoms with E-state index < -0.39 is 35.2 Å². The Morgan fingerprint density at radius 3 is 2.55 bits per heavy atom. The molecule has 1 amide bonds. The Hall–Kier alpha value is -3.85. The zero-order valence-electron chi connectivity index (χ0n) is 23.2. The van der Waals surface area contributed by atoms with Gasteiger partial charge in [0.1, 0.15) is 0 Å². The first-order valence-electron chi connectivity index (χ1n) is 13.3. The van der Waals surface area contributed by atoms with Crippen molar-refractivity contribution in [1.82, 2.24) is 4.98 Å². The van der Waals surface area contributed by atoms with Gasteiger partial charge in [0.2, 0.25) is 0 Å². The van der Waals surface area contributed by atoms with E-state index in [-0.39, 0.29) is 17.9 Å². The number of pyridine rings is 1. The molecule has 2 aromatic carbocycles. The topological polar surface area (TPSA) is 89.0 Å². The van der Waals surface area contributed by atoms with Crippen molar-refractivity contribution >= 4 is 17.6 Å². The van der Waals surface area contributed by atoms with Crippen LogP contribution in [0.3, 0.4) is 0 Å². The summed E-state index contributed by atoms with van der Waals surface area (Å²) in [5.74, 6) is -2.73. The highest BCUT2D eigenvalue weighted by Gasteiger charge is 2.37. The van der Waals surface area contributed by atoms with Crippen molar-refractivity contribution in [1.29, 1.82) is 0 Å². The molecule has 2 aliphatic rings. The molecule has 0 radical (unpaired) electrons. The van der Waals surface area contributed by atoms with E-state index in [9.17, 15) is 19.1 Å². The van der Waals surface area contributed by atoms with Crippen LogP contribution >= 0.6 is 0 Å². The number of nitrogens with zero attached hydrogens (tertiary/aromatic N) is 2. The molecule has 40 heavy (non-hydrogen) atoms. The van der Waals surface area contributed by atoms with Crippen molar-refractivity contribution in [2.24, 2.45) is 0 Å². The fraction of sp³-hybridized carbons (Fsp3) is 0.387. The van der Waals surface area contributed by atoms with E-state index in [1.165, 1.54) is 23.2 Å². The average Bonchev–Trinajstić information content (AvgIpc) is 3.31. The van der Waals surface area contributed by atoms with Gasteiger partial charge in [0.05, 0.1) is 24.0 Å². The van der Waals surface area contributed by atoms with Gasteiger partial charge in [-0.15, -0.1) is 0 Å². The molecule has 2 aliphatic heterocycles. The van der Waals surface area contributed by atoms with E-state index in [0.717, 1.165) is 23.7 Å². The van der Waals surface area contributed by atoms with Gasteiger partial charge in [-0.3, -0.25) is 9.78 Å². The minimum Gasteiger partial charge on any atom is -0.490 e. The summed E-state index contributed by atoms with van der Waals surface area (Å²) < 4.78 is 41.7. The van der Waals surface area contributed by atoms with E-state index in [0.29, 0.717) is 53.0 Å². The molecule has 0 aliphatic carbocycles. The third kappa shape index (κ3) is 4.83. The van der Waals surface area contributed by atoms with E-state index >= 15 is 4.39 Å². The zero-order chi connectivity index (χ0) is 28.9. The number of amides is 1. The molecule has 9 heteroatoms. The van der Waals surface area contributed by atoms with Gasteiger partial charge in [-0.2, -0.15) is 0 Å². The molecule has 1 aromatic heterocycles. The molecule has 0 saturated carbocycles. The largest absolute Gasteiger partial charge is 0.490 e. The van der Waals surface area contributed by atoms with Crippen molar-refractivity contribution in [3.63, 3.8) is 0 Å². The monoisotopic (exact) mass is 550 g/mol. The van der Waals surface area contributed by atoms with Gasteiger partial charge in [-0.05, 0) is 99.9 Å². The summed E-state index contributed by atoms with van der Waals surface area (Å²) in [5.41, 5.74) is 3.88. The van der Waals surface area contributed by atoms with Crippen LogP contribution in [0.2, 0.25) is 0 Å². The number of hydrogen-bond acceptors (Lipinski definition) is 5. The normalized spacial score (nSPS) is 15.3. The number of hydrogen-bond donors (Lipinski definition) is 1. The average molecular weight is 551 g/mol. The second-order valence-electron chi connectivity index (χ2n) is 11.3. The minimum atomic E-state index is -1.35. The highest BCUT2D eigenvalue weighted by atomic mass is 19.1. The smallest absolute Gasteiger partial charge is 0.337 e. The Morgan fingerprint density at radius 1 is 1.12 bits per heavy atom. The summed E-state index contributed by atoms with van der Waals surface area (Å²) in [6.07, 6.45) is 2.73. The van der Waals surface area contributed by atoms with Gasteiger partial charge in [0.25, 0.3) is 5.91 Å². The van der Waals surface area contributed by atoms with Crippen molar-refractivity contribution in [2.45, 2.75) is 65.6 Å². The van der Waals surface area contributed by atoms with Crippen LogP contribution in [0.1, 0.15) is 71.5 Å². The Labute approximate surface area is 231 Å². The molecular formula is C31H32F2N2O5. The summed E-state index contributed by atoms with van der Waals surface area (Å²) in [7, 11) is 0. The molecule has 0 fully saturated rings. The number of ether oxygens (including phenoxy) is 2. The maximum Gasteiger partial charge on any atom is 0.337 e. The number of carbonyl (C=O) groups excluding carboxylic acids is 1. The summed E-state index contributed by atoms with van der Waals surface area (Å²) in [4.78, 5) is 31.4. The van der Waals surface area contributed by atoms with Gasteiger partial charge in [0, 0.05) is 29.6 Å². The molecule has 0 spiro atoms. The number of benzene rings is 2. The predicted octanol–water partition coefficient (Wildman–Crippen LogP) is 6.11. The first-order valence-corrected chi connectivity index (χ1v) is 13.3. The van der Waals surface area contributed by atoms with Crippen molar-refractivity contribution in [3.8, 4) is 16.9 Å². The molecule has 1 atom stereocenters. The fourth-order valence-electron chi connectivity index (χ4n) is 5.75. The predicted molar refractivity (Wildman–Crippen MR) is 146 cm³/mol. The van der Waals surface area contributed by atoms with Gasteiger partial charge in [-0.25, -0.2) is 13.6 Å². The number of carboxylic acids is 1. The first-order chi connectivity index (χ1) is 18.9. The molecule has 5 rings (SSSR count). The van der Waals surface area contributed by atoms with Crippen molar-refractivity contribution in [3.05, 3.63) is 75.6 Å². The Balaban J connectivity index is 1.79. The maximum atomic E-state index is 15.5. The van der Waals surface area contributed by atoms with Crippen LogP contribution < -0.4 is 9.64 Å². The van der Waals surface area contributed by atoms with Gasteiger partial charge in [0.15, 0.2) is 23.5 Å². The number of aromatic nitrogens is 1. The Bertz CT molecular complexity index is 1530. The Kier molecular flexibility index (Phi) is 7.12. The number of carbonyl (C=O) groups is 2. The lowest BCUT2D eigenvalue weighted by atomic mass is 9.83. The standard InChI is InChI=1S/C31H32F2N2O5/c1-16-13-24-20(9-11-35(24)29(36)19-8-10-34-15-23(19)33)26(25(16)28(30(37)38)40-31(3,4)5)21-14-22(32)27-18(17(21)2)7-6-12-39-27/h8,10,13-15,28H,6-7,9,11-12H2,1-5H3,(H,37,38)/t28-/m0/s1. The SMILES string of the molecule is Cc1cc2c(c(-c3cc(F)c4c(c3C)CCCO4)c1[C@H](OC(C)(C)C)C(=O)O)CCN2C(=O)c1ccncc1F. The van der Waals surface area contributed by atoms with Gasteiger partial charge < -0.3 is 19.5 Å². The molecular weight excluding hydrogens is 518 g/mol. The molecule has 0 saturated heterocycles. The second-order valence-corrected chi connectivity index (χ2v) is 11.3. The first kappa shape index (κ1) is 27.7. The second kappa shape index (κ2) is 10.3. The maximum absolute atomic E-state index is 15.5. The number of anilines is 1. The van der Waals surface area contributed by atoms with Crippen LogP contribution in [0.15, 0.2) is 30.6 Å². The van der Waals surface area contributed by atoms with Crippen LogP contribution in [0.25, 0.3) is 11.1 Å². The quantitative estimate of drug-likeness (QED) is 0.412. The van der Waals surface area contributed by atoms with Gasteiger partial charge >= 0.3 is 5.97 Å². The third-order valence-corrected chi connectivity index (χ3v) is 7.45. The summed E-state index contributed by atoms with van der Waals surface area (Å²) in [6.45, 7) is 9.63. The molecule has 7 nitrogen and oxygen atoms in total. The summed E-state index contributed by atoms with van der Waals surface area (Å²) >= 11 is 0. The highest BCUT2D eigenvalue weighted by Crippen LogP contribution is 2.47. The lowest BCUT2D eigenvalue weighted by molar-refractivity contribution is -0.160. The Morgan fingerprint density at radius 2 is 1.88 bits per heavy atom. The number of fused-ring (bicyclic) bond motifs is 2. The summed E-state index contributed by atoms with van der Waals surface area (Å²) in [6, 6.07) is 4.47. The van der Waals surface area contributed by atoms with E-state index in [2.05, 4.69) is 4.98 Å². The van der Waals surface area contributed by atoms with Crippen LogP contribution in [-0.4, -0.2) is 40.7 Å². The molecule has 3 aromatic rings. The number of rotatable bonds is 5. The van der Waals surface area contributed by atoms with Gasteiger partial charge in [-0.1, -0.05) is 0 Å². The van der Waals surface area contributed by atoms with Crippen LogP contribution in [0, 0.1) is 25.5 Å².